The van der Waals surface area contributed by atoms with E-state index in [2.05, 4.69) is 9.88 Å². The number of benzene rings is 2. The molecule has 1 aliphatic heterocycles. The molecule has 3 aromatic rings. The Labute approximate surface area is 193 Å². The maximum atomic E-state index is 13.7. The number of anilines is 1. The van der Waals surface area contributed by atoms with Gasteiger partial charge in [-0.25, -0.2) is 9.78 Å². The lowest BCUT2D eigenvalue weighted by Crippen LogP contribution is -2.31. The highest BCUT2D eigenvalue weighted by molar-refractivity contribution is 5.94. The van der Waals surface area contributed by atoms with Crippen molar-refractivity contribution >= 4 is 23.0 Å². The molecule has 1 unspecified atom stereocenters. The number of allylic oxidation sites excluding steroid dienone is 1. The minimum atomic E-state index is -0.477. The number of methoxy groups -OCH3 is 2. The first kappa shape index (κ1) is 21.4. The Hall–Kier alpha value is -3.48. The third kappa shape index (κ3) is 3.71. The molecule has 1 N–H and O–H groups in total. The molecule has 7 nitrogen and oxygen atoms in total. The number of ether oxygens (including phenoxy) is 3. The van der Waals surface area contributed by atoms with Gasteiger partial charge in [-0.3, -0.25) is 4.57 Å². The molecule has 1 aliphatic carbocycles. The van der Waals surface area contributed by atoms with Crippen molar-refractivity contribution in [1.82, 2.24) is 9.55 Å². The van der Waals surface area contributed by atoms with Gasteiger partial charge in [0.2, 0.25) is 5.95 Å². The van der Waals surface area contributed by atoms with Crippen LogP contribution >= 0.6 is 0 Å². The Balaban J connectivity index is 1.68. The SMILES string of the molecule is COc1cccc(C2C(C(=O)OC3CCCCC3)=C(C)Nc3nc4ccccc4n32)c1OC. The van der Waals surface area contributed by atoms with Crippen molar-refractivity contribution < 1.29 is 19.0 Å². The monoisotopic (exact) mass is 447 g/mol. The summed E-state index contributed by atoms with van der Waals surface area (Å²) in [5, 5.41) is 3.34. The Morgan fingerprint density at radius 1 is 1.03 bits per heavy atom. The first-order valence-electron chi connectivity index (χ1n) is 11.5. The van der Waals surface area contributed by atoms with Gasteiger partial charge >= 0.3 is 5.97 Å². The van der Waals surface area contributed by atoms with Gasteiger partial charge in [-0.15, -0.1) is 0 Å². The number of imidazole rings is 1. The fraction of sp³-hybridized carbons (Fsp3) is 0.385. The third-order valence-electron chi connectivity index (χ3n) is 6.60. The fourth-order valence-corrected chi connectivity index (χ4v) is 5.05. The molecule has 0 spiro atoms. The molecule has 1 atom stereocenters. The molecule has 0 bridgehead atoms. The highest BCUT2D eigenvalue weighted by Gasteiger charge is 2.38. The number of fused-ring (bicyclic) bond motifs is 3. The van der Waals surface area contributed by atoms with Crippen LogP contribution in [-0.4, -0.2) is 35.8 Å². The van der Waals surface area contributed by atoms with Gasteiger partial charge in [0, 0.05) is 11.3 Å². The number of nitrogens with zero attached hydrogens (tertiary/aromatic N) is 2. The van der Waals surface area contributed by atoms with E-state index >= 15 is 0 Å². The van der Waals surface area contributed by atoms with Crippen LogP contribution in [0.4, 0.5) is 5.95 Å². The van der Waals surface area contributed by atoms with Crippen LogP contribution in [-0.2, 0) is 9.53 Å². The van der Waals surface area contributed by atoms with E-state index in [-0.39, 0.29) is 12.1 Å². The number of nitrogens with one attached hydrogen (secondary N) is 1. The van der Waals surface area contributed by atoms with Crippen molar-refractivity contribution in [3.63, 3.8) is 0 Å². The summed E-state index contributed by atoms with van der Waals surface area (Å²) in [4.78, 5) is 18.4. The largest absolute Gasteiger partial charge is 0.493 e. The van der Waals surface area contributed by atoms with Crippen molar-refractivity contribution in [3.05, 3.63) is 59.3 Å². The van der Waals surface area contributed by atoms with Crippen molar-refractivity contribution in [2.24, 2.45) is 0 Å². The van der Waals surface area contributed by atoms with Gasteiger partial charge < -0.3 is 19.5 Å². The average molecular weight is 448 g/mol. The molecule has 0 amide bonds. The van der Waals surface area contributed by atoms with E-state index in [0.29, 0.717) is 23.0 Å². The molecule has 0 saturated heterocycles. The van der Waals surface area contributed by atoms with Gasteiger partial charge in [-0.2, -0.15) is 0 Å². The van der Waals surface area contributed by atoms with Crippen LogP contribution in [0.25, 0.3) is 11.0 Å². The zero-order valence-corrected chi connectivity index (χ0v) is 19.3. The zero-order valence-electron chi connectivity index (χ0n) is 19.3. The molecule has 2 aliphatic rings. The van der Waals surface area contributed by atoms with E-state index < -0.39 is 6.04 Å². The van der Waals surface area contributed by atoms with Crippen LogP contribution in [0.2, 0.25) is 0 Å². The molecule has 5 rings (SSSR count). The van der Waals surface area contributed by atoms with Crippen LogP contribution in [0.5, 0.6) is 11.5 Å². The fourth-order valence-electron chi connectivity index (χ4n) is 5.05. The van der Waals surface area contributed by atoms with Gasteiger partial charge in [0.15, 0.2) is 11.5 Å². The second kappa shape index (κ2) is 8.81. The topological polar surface area (TPSA) is 74.6 Å². The zero-order chi connectivity index (χ0) is 22.9. The maximum absolute atomic E-state index is 13.7. The molecule has 2 heterocycles. The third-order valence-corrected chi connectivity index (χ3v) is 6.60. The summed E-state index contributed by atoms with van der Waals surface area (Å²) in [5.41, 5.74) is 3.88. The molecule has 1 aromatic heterocycles. The maximum Gasteiger partial charge on any atom is 0.338 e. The van der Waals surface area contributed by atoms with Crippen molar-refractivity contribution in [2.45, 2.75) is 51.2 Å². The molecule has 172 valence electrons. The van der Waals surface area contributed by atoms with Crippen molar-refractivity contribution in [2.75, 3.05) is 19.5 Å². The lowest BCUT2D eigenvalue weighted by atomic mass is 9.93. The molecular formula is C26H29N3O4. The van der Waals surface area contributed by atoms with E-state index in [4.69, 9.17) is 19.2 Å². The quantitative estimate of drug-likeness (QED) is 0.541. The number of hydrogen-bond acceptors (Lipinski definition) is 6. The number of aromatic nitrogens is 2. The van der Waals surface area contributed by atoms with Crippen LogP contribution in [0, 0.1) is 0 Å². The van der Waals surface area contributed by atoms with Crippen LogP contribution in [0.15, 0.2) is 53.7 Å². The predicted octanol–water partition coefficient (Wildman–Crippen LogP) is 5.22. The number of esters is 1. The Kier molecular flexibility index (Phi) is 5.70. The molecule has 2 aromatic carbocycles. The lowest BCUT2D eigenvalue weighted by Gasteiger charge is -2.32. The summed E-state index contributed by atoms with van der Waals surface area (Å²) in [6.45, 7) is 1.90. The summed E-state index contributed by atoms with van der Waals surface area (Å²) < 4.78 is 19.5. The van der Waals surface area contributed by atoms with Gasteiger partial charge in [0.1, 0.15) is 6.10 Å². The molecule has 33 heavy (non-hydrogen) atoms. The highest BCUT2D eigenvalue weighted by Crippen LogP contribution is 2.45. The van der Waals surface area contributed by atoms with Gasteiger partial charge in [0.05, 0.1) is 36.9 Å². The molecule has 0 radical (unpaired) electrons. The van der Waals surface area contributed by atoms with Crippen LogP contribution < -0.4 is 14.8 Å². The Bertz CT molecular complexity index is 1220. The second-order valence-corrected chi connectivity index (χ2v) is 8.61. The second-order valence-electron chi connectivity index (χ2n) is 8.61. The highest BCUT2D eigenvalue weighted by atomic mass is 16.5. The van der Waals surface area contributed by atoms with E-state index in [9.17, 15) is 4.79 Å². The molecule has 1 saturated carbocycles. The minimum Gasteiger partial charge on any atom is -0.493 e. The van der Waals surface area contributed by atoms with Gasteiger partial charge in [-0.05, 0) is 50.8 Å². The summed E-state index contributed by atoms with van der Waals surface area (Å²) in [6, 6.07) is 13.2. The van der Waals surface area contributed by atoms with Crippen molar-refractivity contribution in [3.8, 4) is 11.5 Å². The average Bonchev–Trinajstić information content (AvgIpc) is 3.21. The number of hydrogen-bond donors (Lipinski definition) is 1. The van der Waals surface area contributed by atoms with Crippen molar-refractivity contribution in [1.29, 1.82) is 0 Å². The number of para-hydroxylation sites is 3. The van der Waals surface area contributed by atoms with Crippen LogP contribution in [0.1, 0.15) is 50.6 Å². The Morgan fingerprint density at radius 2 is 1.82 bits per heavy atom. The van der Waals surface area contributed by atoms with E-state index in [1.54, 1.807) is 14.2 Å². The van der Waals surface area contributed by atoms with Crippen LogP contribution in [0.3, 0.4) is 0 Å². The normalized spacial score (nSPS) is 18.6. The lowest BCUT2D eigenvalue weighted by molar-refractivity contribution is -0.146. The van der Waals surface area contributed by atoms with E-state index in [1.165, 1.54) is 6.42 Å². The molecular weight excluding hydrogens is 418 g/mol. The van der Waals surface area contributed by atoms with Gasteiger partial charge in [0.25, 0.3) is 0 Å². The summed E-state index contributed by atoms with van der Waals surface area (Å²) in [6.07, 6.45) is 5.18. The summed E-state index contributed by atoms with van der Waals surface area (Å²) in [7, 11) is 3.23. The minimum absolute atomic E-state index is 0.0414. The standard InChI is InChI=1S/C26H29N3O4/c1-16-22(25(30)33-17-10-5-4-6-11-17)23(18-12-9-15-21(31-2)24(18)32-3)29-20-14-8-7-13-19(20)28-26(29)27-16/h7-9,12-15,17,23H,4-6,10-11H2,1-3H3,(H,27,28). The Morgan fingerprint density at radius 3 is 2.58 bits per heavy atom. The van der Waals surface area contributed by atoms with E-state index in [0.717, 1.165) is 48.0 Å². The number of carbonyl (C=O) groups excluding carboxylic acids is 1. The summed E-state index contributed by atoms with van der Waals surface area (Å²) in [5.74, 6) is 1.58. The number of carbonyl (C=O) groups is 1. The van der Waals surface area contributed by atoms with Gasteiger partial charge in [-0.1, -0.05) is 30.7 Å². The molecule has 1 fully saturated rings. The number of rotatable bonds is 5. The first-order chi connectivity index (χ1) is 16.1. The van der Waals surface area contributed by atoms with E-state index in [1.807, 2.05) is 49.4 Å². The predicted molar refractivity (Wildman–Crippen MR) is 127 cm³/mol. The molecule has 7 heteroatoms. The first-order valence-corrected chi connectivity index (χ1v) is 11.5. The summed E-state index contributed by atoms with van der Waals surface area (Å²) >= 11 is 0. The smallest absolute Gasteiger partial charge is 0.338 e.